The number of benzene rings is 6. The van der Waals surface area contributed by atoms with Gasteiger partial charge in [-0.1, -0.05) is 158 Å². The molecule has 2 aromatic heterocycles. The van der Waals surface area contributed by atoms with Crippen molar-refractivity contribution >= 4 is 5.57 Å². The van der Waals surface area contributed by atoms with Crippen LogP contribution in [0, 0.1) is 0 Å². The summed E-state index contributed by atoms with van der Waals surface area (Å²) in [4.78, 5) is 15.1. The zero-order valence-electron chi connectivity index (χ0n) is 30.1. The Morgan fingerprint density at radius 3 is 1.78 bits per heavy atom. The van der Waals surface area contributed by atoms with Gasteiger partial charge in [0.15, 0.2) is 5.82 Å². The molecule has 11 rings (SSSR count). The Bertz CT molecular complexity index is 2790. The summed E-state index contributed by atoms with van der Waals surface area (Å²) >= 11 is 0. The topological polar surface area (TPSA) is 38.7 Å². The van der Waals surface area contributed by atoms with E-state index in [0.29, 0.717) is 11.7 Å². The highest BCUT2D eigenvalue weighted by Crippen LogP contribution is 2.63. The Balaban J connectivity index is 1.10. The number of hydrogen-bond acceptors (Lipinski definition) is 3. The van der Waals surface area contributed by atoms with Crippen molar-refractivity contribution in [1.29, 1.82) is 0 Å². The van der Waals surface area contributed by atoms with Crippen molar-refractivity contribution in [3.05, 3.63) is 228 Å². The van der Waals surface area contributed by atoms with Crippen LogP contribution in [0.5, 0.6) is 0 Å². The largest absolute Gasteiger partial charge is 0.264 e. The molecule has 8 aromatic rings. The van der Waals surface area contributed by atoms with Crippen LogP contribution in [-0.4, -0.2) is 15.0 Å². The molecule has 3 heteroatoms. The molecule has 0 aliphatic heterocycles. The van der Waals surface area contributed by atoms with Crippen molar-refractivity contribution in [1.82, 2.24) is 15.0 Å². The molecule has 0 radical (unpaired) electrons. The van der Waals surface area contributed by atoms with Crippen molar-refractivity contribution in [2.75, 3.05) is 0 Å². The lowest BCUT2D eigenvalue weighted by atomic mass is 9.70. The van der Waals surface area contributed by atoms with Gasteiger partial charge in [0.1, 0.15) is 0 Å². The van der Waals surface area contributed by atoms with E-state index in [0.717, 1.165) is 45.6 Å². The summed E-state index contributed by atoms with van der Waals surface area (Å²) in [7, 11) is 0. The van der Waals surface area contributed by atoms with Gasteiger partial charge >= 0.3 is 0 Å². The summed E-state index contributed by atoms with van der Waals surface area (Å²) in [6, 6.07) is 59.3. The fourth-order valence-electron chi connectivity index (χ4n) is 9.26. The Morgan fingerprint density at radius 2 is 1.11 bits per heavy atom. The van der Waals surface area contributed by atoms with Gasteiger partial charge in [-0.2, -0.15) is 0 Å². The smallest absolute Gasteiger partial charge is 0.160 e. The van der Waals surface area contributed by atoms with E-state index in [4.69, 9.17) is 9.97 Å². The summed E-state index contributed by atoms with van der Waals surface area (Å²) in [6.45, 7) is 0. The standard InChI is InChI=1S/C52H35N3/c1-2-12-34(13-3-1)35-23-25-36(26-24-35)49-32-50(38-15-10-14-37(30-38)40-16-11-29-53-33-40)55-51(54-49)39-27-28-44-43-19-6-9-22-47(43)52(48(44)31-39)45-20-7-4-17-41(45)42-18-5-8-21-46(42)52/h1-23,25-33,35H,24H2. The van der Waals surface area contributed by atoms with Crippen molar-refractivity contribution in [3.63, 3.8) is 0 Å². The van der Waals surface area contributed by atoms with Gasteiger partial charge in [-0.15, -0.1) is 0 Å². The molecular formula is C52H35N3. The van der Waals surface area contributed by atoms with E-state index in [1.54, 1.807) is 0 Å². The van der Waals surface area contributed by atoms with E-state index in [1.165, 1.54) is 50.1 Å². The third-order valence-electron chi connectivity index (χ3n) is 11.8. The van der Waals surface area contributed by atoms with Gasteiger partial charge in [-0.3, -0.25) is 4.98 Å². The summed E-state index contributed by atoms with van der Waals surface area (Å²) in [5.74, 6) is 1.06. The van der Waals surface area contributed by atoms with Crippen LogP contribution in [0.25, 0.3) is 61.6 Å². The highest BCUT2D eigenvalue weighted by Gasteiger charge is 2.51. The first-order chi connectivity index (χ1) is 27.3. The number of aromatic nitrogens is 3. The second-order valence-corrected chi connectivity index (χ2v) is 14.7. The van der Waals surface area contributed by atoms with Crippen LogP contribution < -0.4 is 0 Å². The van der Waals surface area contributed by atoms with Crippen LogP contribution in [0.15, 0.2) is 194 Å². The maximum atomic E-state index is 5.37. The van der Waals surface area contributed by atoms with E-state index in [9.17, 15) is 0 Å². The summed E-state index contributed by atoms with van der Waals surface area (Å²) < 4.78 is 0. The molecule has 258 valence electrons. The van der Waals surface area contributed by atoms with E-state index in [1.807, 2.05) is 18.5 Å². The summed E-state index contributed by atoms with van der Waals surface area (Å²) in [5, 5.41) is 0. The maximum absolute atomic E-state index is 5.37. The zero-order valence-corrected chi connectivity index (χ0v) is 30.1. The molecule has 3 nitrogen and oxygen atoms in total. The van der Waals surface area contributed by atoms with Gasteiger partial charge in [0.05, 0.1) is 16.8 Å². The second kappa shape index (κ2) is 12.6. The highest BCUT2D eigenvalue weighted by molar-refractivity contribution is 5.95. The van der Waals surface area contributed by atoms with Gasteiger partial charge in [0.2, 0.25) is 0 Å². The Morgan fingerprint density at radius 1 is 0.473 bits per heavy atom. The highest BCUT2D eigenvalue weighted by atomic mass is 14.9. The maximum Gasteiger partial charge on any atom is 0.160 e. The minimum atomic E-state index is -0.436. The Labute approximate surface area is 321 Å². The third-order valence-corrected chi connectivity index (χ3v) is 11.8. The molecular weight excluding hydrogens is 667 g/mol. The van der Waals surface area contributed by atoms with Gasteiger partial charge in [-0.25, -0.2) is 9.97 Å². The molecule has 0 saturated heterocycles. The predicted molar refractivity (Wildman–Crippen MR) is 223 cm³/mol. The molecule has 1 atom stereocenters. The minimum Gasteiger partial charge on any atom is -0.264 e. The molecule has 1 spiro atoms. The van der Waals surface area contributed by atoms with Gasteiger partial charge in [-0.05, 0) is 91.9 Å². The Kier molecular flexibility index (Phi) is 7.21. The number of rotatable bonds is 5. The summed E-state index contributed by atoms with van der Waals surface area (Å²) in [5.41, 5.74) is 18.4. The van der Waals surface area contributed by atoms with E-state index < -0.39 is 5.41 Å². The lowest BCUT2D eigenvalue weighted by Crippen LogP contribution is -2.25. The number of hydrogen-bond donors (Lipinski definition) is 0. The zero-order chi connectivity index (χ0) is 36.3. The van der Waals surface area contributed by atoms with Gasteiger partial charge < -0.3 is 0 Å². The monoisotopic (exact) mass is 701 g/mol. The number of fused-ring (bicyclic) bond motifs is 10. The van der Waals surface area contributed by atoms with E-state index in [-0.39, 0.29) is 0 Å². The van der Waals surface area contributed by atoms with Gasteiger partial charge in [0, 0.05) is 35.0 Å². The molecule has 0 bridgehead atoms. The van der Waals surface area contributed by atoms with Crippen molar-refractivity contribution in [2.45, 2.75) is 17.8 Å². The van der Waals surface area contributed by atoms with Crippen LogP contribution in [0.2, 0.25) is 0 Å². The molecule has 0 fully saturated rings. The number of nitrogens with zero attached hydrogens (tertiary/aromatic N) is 3. The second-order valence-electron chi connectivity index (χ2n) is 14.7. The predicted octanol–water partition coefficient (Wildman–Crippen LogP) is 12.3. The quantitative estimate of drug-likeness (QED) is 0.179. The molecule has 1 unspecified atom stereocenters. The lowest BCUT2D eigenvalue weighted by Gasteiger charge is -2.30. The first kappa shape index (κ1) is 31.5. The molecule has 0 N–H and O–H groups in total. The van der Waals surface area contributed by atoms with Crippen LogP contribution in [-0.2, 0) is 5.41 Å². The van der Waals surface area contributed by atoms with Crippen molar-refractivity contribution in [3.8, 4) is 56.0 Å². The normalized spacial score (nSPS) is 15.6. The van der Waals surface area contributed by atoms with Crippen LogP contribution >= 0.6 is 0 Å². The minimum absolute atomic E-state index is 0.341. The van der Waals surface area contributed by atoms with Crippen molar-refractivity contribution < 1.29 is 0 Å². The van der Waals surface area contributed by atoms with Gasteiger partial charge in [0.25, 0.3) is 0 Å². The molecule has 3 aliphatic rings. The number of allylic oxidation sites excluding steroid dienone is 4. The Hall–Kier alpha value is -6.97. The molecule has 55 heavy (non-hydrogen) atoms. The van der Waals surface area contributed by atoms with Crippen molar-refractivity contribution in [2.24, 2.45) is 0 Å². The van der Waals surface area contributed by atoms with Crippen LogP contribution in [0.3, 0.4) is 0 Å². The SMILES string of the molecule is C1=CC(c2ccccc2)CC=C1c1cc(-c2cccc(-c3cccnc3)c2)nc(-c2ccc3c(c2)C2(c4ccccc4-c4ccccc42)c2ccccc2-3)n1. The molecule has 3 aliphatic carbocycles. The molecule has 2 heterocycles. The lowest BCUT2D eigenvalue weighted by molar-refractivity contribution is 0.794. The summed E-state index contributed by atoms with van der Waals surface area (Å²) in [6.07, 6.45) is 11.5. The average molecular weight is 702 g/mol. The van der Waals surface area contributed by atoms with E-state index >= 15 is 0 Å². The van der Waals surface area contributed by atoms with E-state index in [2.05, 4.69) is 181 Å². The molecule has 0 amide bonds. The molecule has 0 saturated carbocycles. The first-order valence-corrected chi connectivity index (χ1v) is 19.0. The molecule has 6 aromatic carbocycles. The van der Waals surface area contributed by atoms with Crippen LogP contribution in [0.4, 0.5) is 0 Å². The number of pyridine rings is 1. The average Bonchev–Trinajstić information content (AvgIpc) is 3.74. The first-order valence-electron chi connectivity index (χ1n) is 19.0. The third kappa shape index (κ3) is 4.93. The fourth-order valence-corrected chi connectivity index (χ4v) is 9.26. The van der Waals surface area contributed by atoms with Crippen LogP contribution in [0.1, 0.15) is 45.8 Å². The fraction of sp³-hybridized carbons (Fsp3) is 0.0577.